The summed E-state index contributed by atoms with van der Waals surface area (Å²) in [7, 11) is 0. The van der Waals surface area contributed by atoms with E-state index in [4.69, 9.17) is 11.6 Å². The Morgan fingerprint density at radius 2 is 1.86 bits per heavy atom. The molecule has 0 bridgehead atoms. The molecule has 1 aliphatic rings. The molecular weight excluding hydrogens is 307 g/mol. The number of amides is 2. The summed E-state index contributed by atoms with van der Waals surface area (Å²) in [6, 6.07) is 6.02. The van der Waals surface area contributed by atoms with Crippen molar-refractivity contribution in [3.63, 3.8) is 0 Å². The molecule has 120 valence electrons. The molecular formula is C16H20ClFN2O2. The molecule has 1 aliphatic heterocycles. The van der Waals surface area contributed by atoms with Crippen LogP contribution in [0.15, 0.2) is 24.3 Å². The van der Waals surface area contributed by atoms with Crippen molar-refractivity contribution in [3.05, 3.63) is 35.6 Å². The molecule has 1 heterocycles. The molecule has 2 rings (SSSR count). The molecule has 1 aromatic carbocycles. The van der Waals surface area contributed by atoms with Gasteiger partial charge >= 0.3 is 0 Å². The fraction of sp³-hybridized carbons (Fsp3) is 0.500. The maximum atomic E-state index is 12.8. The standard InChI is InChI=1S/C16H20ClFN2O2/c17-8-5-16(22)20-9-6-14(7-10-20)19-15(21)11-12-1-3-13(18)4-2-12/h1-4,14H,5-11H2,(H,19,21). The van der Waals surface area contributed by atoms with Gasteiger partial charge in [-0.25, -0.2) is 4.39 Å². The van der Waals surface area contributed by atoms with Gasteiger partial charge in [0.05, 0.1) is 6.42 Å². The van der Waals surface area contributed by atoms with E-state index < -0.39 is 0 Å². The Bertz CT molecular complexity index is 513. The number of piperidine rings is 1. The van der Waals surface area contributed by atoms with Gasteiger partial charge < -0.3 is 10.2 Å². The summed E-state index contributed by atoms with van der Waals surface area (Å²) in [4.78, 5) is 25.5. The molecule has 1 fully saturated rings. The van der Waals surface area contributed by atoms with E-state index in [9.17, 15) is 14.0 Å². The summed E-state index contributed by atoms with van der Waals surface area (Å²) >= 11 is 5.57. The first-order valence-electron chi connectivity index (χ1n) is 7.46. The van der Waals surface area contributed by atoms with E-state index in [0.717, 1.165) is 18.4 Å². The second-order valence-corrected chi connectivity index (χ2v) is 5.84. The Morgan fingerprint density at radius 3 is 2.45 bits per heavy atom. The summed E-state index contributed by atoms with van der Waals surface area (Å²) in [5.74, 6) is 0.0362. The minimum atomic E-state index is -0.307. The van der Waals surface area contributed by atoms with E-state index in [1.54, 1.807) is 17.0 Å². The highest BCUT2D eigenvalue weighted by Crippen LogP contribution is 2.12. The van der Waals surface area contributed by atoms with Crippen molar-refractivity contribution in [2.75, 3.05) is 19.0 Å². The van der Waals surface area contributed by atoms with E-state index >= 15 is 0 Å². The molecule has 0 unspecified atom stereocenters. The second-order valence-electron chi connectivity index (χ2n) is 5.46. The number of benzene rings is 1. The van der Waals surface area contributed by atoms with Crippen LogP contribution in [0.3, 0.4) is 0 Å². The van der Waals surface area contributed by atoms with Crippen LogP contribution in [0.1, 0.15) is 24.8 Å². The molecule has 1 N–H and O–H groups in total. The van der Waals surface area contributed by atoms with Gasteiger partial charge in [-0.05, 0) is 30.5 Å². The first kappa shape index (κ1) is 16.7. The molecule has 6 heteroatoms. The van der Waals surface area contributed by atoms with Gasteiger partial charge in [0.25, 0.3) is 0 Å². The fourth-order valence-corrected chi connectivity index (χ4v) is 2.74. The molecule has 22 heavy (non-hydrogen) atoms. The largest absolute Gasteiger partial charge is 0.353 e. The monoisotopic (exact) mass is 326 g/mol. The Morgan fingerprint density at radius 1 is 1.23 bits per heavy atom. The van der Waals surface area contributed by atoms with E-state index in [-0.39, 0.29) is 30.1 Å². The van der Waals surface area contributed by atoms with Gasteiger partial charge in [0.15, 0.2) is 0 Å². The zero-order chi connectivity index (χ0) is 15.9. The second kappa shape index (κ2) is 8.13. The molecule has 0 atom stereocenters. The lowest BCUT2D eigenvalue weighted by atomic mass is 10.0. The van der Waals surface area contributed by atoms with E-state index in [1.807, 2.05) is 0 Å². The Hall–Kier alpha value is -1.62. The predicted octanol–water partition coefficient (Wildman–Crippen LogP) is 2.10. The van der Waals surface area contributed by atoms with Crippen LogP contribution in [0.2, 0.25) is 0 Å². The first-order chi connectivity index (χ1) is 10.6. The zero-order valence-corrected chi connectivity index (χ0v) is 13.1. The topological polar surface area (TPSA) is 49.4 Å². The number of hydrogen-bond donors (Lipinski definition) is 1. The van der Waals surface area contributed by atoms with Crippen LogP contribution < -0.4 is 5.32 Å². The maximum absolute atomic E-state index is 12.8. The van der Waals surface area contributed by atoms with Crippen LogP contribution in [0.4, 0.5) is 4.39 Å². The van der Waals surface area contributed by atoms with Gasteiger partial charge in [0.2, 0.25) is 11.8 Å². The van der Waals surface area contributed by atoms with Gasteiger partial charge in [-0.2, -0.15) is 0 Å². The Balaban J connectivity index is 1.74. The number of halogens is 2. The SMILES string of the molecule is O=C(Cc1ccc(F)cc1)NC1CCN(C(=O)CCCl)CC1. The van der Waals surface area contributed by atoms with Crippen molar-refractivity contribution in [2.45, 2.75) is 31.7 Å². The van der Waals surface area contributed by atoms with E-state index in [0.29, 0.717) is 25.4 Å². The summed E-state index contributed by atoms with van der Waals surface area (Å²) in [5, 5.41) is 2.98. The van der Waals surface area contributed by atoms with Gasteiger partial charge in [-0.15, -0.1) is 11.6 Å². The normalized spacial score (nSPS) is 15.6. The summed E-state index contributed by atoms with van der Waals surface area (Å²) < 4.78 is 12.8. The average Bonchev–Trinajstić information content (AvgIpc) is 2.50. The highest BCUT2D eigenvalue weighted by Gasteiger charge is 2.23. The van der Waals surface area contributed by atoms with Gasteiger partial charge in [-0.1, -0.05) is 12.1 Å². The minimum Gasteiger partial charge on any atom is -0.353 e. The number of likely N-dealkylation sites (tertiary alicyclic amines) is 1. The smallest absolute Gasteiger partial charge is 0.224 e. The third-order valence-electron chi connectivity index (χ3n) is 3.80. The van der Waals surface area contributed by atoms with Crippen molar-refractivity contribution < 1.29 is 14.0 Å². The maximum Gasteiger partial charge on any atom is 0.224 e. The number of alkyl halides is 1. The third-order valence-corrected chi connectivity index (χ3v) is 3.99. The highest BCUT2D eigenvalue weighted by atomic mass is 35.5. The lowest BCUT2D eigenvalue weighted by Crippen LogP contribution is -2.46. The minimum absolute atomic E-state index is 0.0721. The van der Waals surface area contributed by atoms with Gasteiger partial charge in [0, 0.05) is 31.4 Å². The average molecular weight is 327 g/mol. The molecule has 0 saturated carbocycles. The van der Waals surface area contributed by atoms with Crippen LogP contribution in [-0.2, 0) is 16.0 Å². The van der Waals surface area contributed by atoms with Crippen LogP contribution in [0, 0.1) is 5.82 Å². The molecule has 1 aromatic rings. The Labute approximate surface area is 134 Å². The highest BCUT2D eigenvalue weighted by molar-refractivity contribution is 6.18. The summed E-state index contributed by atoms with van der Waals surface area (Å²) in [5.41, 5.74) is 0.786. The molecule has 0 aliphatic carbocycles. The number of rotatable bonds is 5. The van der Waals surface area contributed by atoms with Gasteiger partial charge in [0.1, 0.15) is 5.82 Å². The lowest BCUT2D eigenvalue weighted by molar-refractivity contribution is -0.132. The van der Waals surface area contributed by atoms with Crippen LogP contribution in [0.25, 0.3) is 0 Å². The Kier molecular flexibility index (Phi) is 6.19. The van der Waals surface area contributed by atoms with E-state index in [1.165, 1.54) is 12.1 Å². The molecule has 0 radical (unpaired) electrons. The van der Waals surface area contributed by atoms with E-state index in [2.05, 4.69) is 5.32 Å². The molecule has 2 amide bonds. The molecule has 1 saturated heterocycles. The van der Waals surface area contributed by atoms with Crippen LogP contribution in [0.5, 0.6) is 0 Å². The van der Waals surface area contributed by atoms with Crippen molar-refractivity contribution >= 4 is 23.4 Å². The van der Waals surface area contributed by atoms with Crippen LogP contribution >= 0.6 is 11.6 Å². The predicted molar refractivity (Wildman–Crippen MR) is 83.2 cm³/mol. The number of nitrogens with zero attached hydrogens (tertiary/aromatic N) is 1. The van der Waals surface area contributed by atoms with Crippen molar-refractivity contribution in [2.24, 2.45) is 0 Å². The number of hydrogen-bond acceptors (Lipinski definition) is 2. The summed E-state index contributed by atoms with van der Waals surface area (Å²) in [6.45, 7) is 1.30. The van der Waals surface area contributed by atoms with Crippen molar-refractivity contribution in [3.8, 4) is 0 Å². The van der Waals surface area contributed by atoms with Crippen LogP contribution in [-0.4, -0.2) is 41.7 Å². The number of carbonyl (C=O) groups excluding carboxylic acids is 2. The zero-order valence-electron chi connectivity index (χ0n) is 12.4. The quantitative estimate of drug-likeness (QED) is 0.842. The molecule has 0 aromatic heterocycles. The number of carbonyl (C=O) groups is 2. The molecule has 4 nitrogen and oxygen atoms in total. The van der Waals surface area contributed by atoms with Crippen molar-refractivity contribution in [1.82, 2.24) is 10.2 Å². The third kappa shape index (κ3) is 4.98. The fourth-order valence-electron chi connectivity index (χ4n) is 2.58. The molecule has 0 spiro atoms. The summed E-state index contributed by atoms with van der Waals surface area (Å²) in [6.07, 6.45) is 2.11. The first-order valence-corrected chi connectivity index (χ1v) is 7.99. The van der Waals surface area contributed by atoms with Gasteiger partial charge in [-0.3, -0.25) is 9.59 Å². The lowest BCUT2D eigenvalue weighted by Gasteiger charge is -2.32. The number of nitrogens with one attached hydrogen (secondary N) is 1. The van der Waals surface area contributed by atoms with Crippen molar-refractivity contribution in [1.29, 1.82) is 0 Å².